The van der Waals surface area contributed by atoms with E-state index in [-0.39, 0.29) is 24.5 Å². The highest BCUT2D eigenvalue weighted by atomic mass is 16.5. The van der Waals surface area contributed by atoms with Gasteiger partial charge in [0.1, 0.15) is 0 Å². The first-order chi connectivity index (χ1) is 8.91. The highest BCUT2D eigenvalue weighted by Crippen LogP contribution is 2.45. The number of hydrogen-bond donors (Lipinski definition) is 3. The van der Waals surface area contributed by atoms with Crippen molar-refractivity contribution in [2.45, 2.75) is 39.7 Å². The van der Waals surface area contributed by atoms with E-state index in [1.54, 1.807) is 0 Å². The van der Waals surface area contributed by atoms with Crippen molar-refractivity contribution < 1.29 is 19.4 Å². The van der Waals surface area contributed by atoms with Gasteiger partial charge < -0.3 is 20.5 Å². The number of carbonyl (C=O) groups excluding carboxylic acids is 1. The van der Waals surface area contributed by atoms with Crippen LogP contribution in [0.25, 0.3) is 0 Å². The Hall–Kier alpha value is -1.30. The van der Waals surface area contributed by atoms with E-state index < -0.39 is 11.4 Å². The lowest BCUT2D eigenvalue weighted by molar-refractivity contribution is -0.143. The fourth-order valence-electron chi connectivity index (χ4n) is 1.73. The zero-order valence-corrected chi connectivity index (χ0v) is 11.9. The third-order valence-electron chi connectivity index (χ3n) is 3.52. The molecule has 1 saturated carbocycles. The van der Waals surface area contributed by atoms with Crippen molar-refractivity contribution in [3.05, 3.63) is 0 Å². The van der Waals surface area contributed by atoms with Crippen molar-refractivity contribution >= 4 is 12.0 Å². The Labute approximate surface area is 113 Å². The molecule has 3 N–H and O–H groups in total. The third kappa shape index (κ3) is 4.70. The van der Waals surface area contributed by atoms with Gasteiger partial charge in [-0.25, -0.2) is 4.79 Å². The molecule has 0 heterocycles. The van der Waals surface area contributed by atoms with Crippen LogP contribution in [0.2, 0.25) is 0 Å². The molecule has 0 aromatic rings. The maximum atomic E-state index is 11.7. The second-order valence-corrected chi connectivity index (χ2v) is 5.42. The highest BCUT2D eigenvalue weighted by molar-refractivity contribution is 5.80. The van der Waals surface area contributed by atoms with E-state index in [4.69, 9.17) is 9.84 Å². The van der Waals surface area contributed by atoms with Crippen LogP contribution in [0.15, 0.2) is 0 Å². The van der Waals surface area contributed by atoms with Crippen LogP contribution in [0.4, 0.5) is 4.79 Å². The monoisotopic (exact) mass is 272 g/mol. The van der Waals surface area contributed by atoms with Gasteiger partial charge in [0, 0.05) is 13.2 Å². The summed E-state index contributed by atoms with van der Waals surface area (Å²) in [6.45, 7) is 7.17. The molecule has 0 bridgehead atoms. The van der Waals surface area contributed by atoms with Crippen LogP contribution < -0.4 is 10.6 Å². The molecule has 19 heavy (non-hydrogen) atoms. The van der Waals surface area contributed by atoms with Crippen LogP contribution in [-0.2, 0) is 9.53 Å². The molecule has 2 amide bonds. The van der Waals surface area contributed by atoms with Gasteiger partial charge in [0.2, 0.25) is 0 Å². The first kappa shape index (κ1) is 15.8. The topological polar surface area (TPSA) is 87.7 Å². The van der Waals surface area contributed by atoms with Gasteiger partial charge in [-0.3, -0.25) is 4.79 Å². The lowest BCUT2D eigenvalue weighted by atomic mass is 10.1. The number of urea groups is 1. The summed E-state index contributed by atoms with van der Waals surface area (Å²) < 4.78 is 5.32. The SMILES string of the molecule is CCOCC(NC(=O)NCC1(C(=O)O)CC1)C(C)C. The van der Waals surface area contributed by atoms with Gasteiger partial charge >= 0.3 is 12.0 Å². The molecule has 0 aromatic carbocycles. The van der Waals surface area contributed by atoms with E-state index in [1.807, 2.05) is 20.8 Å². The first-order valence-corrected chi connectivity index (χ1v) is 6.77. The van der Waals surface area contributed by atoms with Crippen molar-refractivity contribution in [2.75, 3.05) is 19.8 Å². The highest BCUT2D eigenvalue weighted by Gasteiger charge is 2.50. The molecule has 110 valence electrons. The Morgan fingerprint density at radius 3 is 2.42 bits per heavy atom. The number of rotatable bonds is 8. The fourth-order valence-corrected chi connectivity index (χ4v) is 1.73. The van der Waals surface area contributed by atoms with E-state index in [0.717, 1.165) is 0 Å². The molecule has 0 radical (unpaired) electrons. The summed E-state index contributed by atoms with van der Waals surface area (Å²) in [5.41, 5.74) is -0.732. The summed E-state index contributed by atoms with van der Waals surface area (Å²) in [6, 6.07) is -0.397. The van der Waals surface area contributed by atoms with Gasteiger partial charge in [-0.15, -0.1) is 0 Å². The zero-order valence-electron chi connectivity index (χ0n) is 11.9. The minimum absolute atomic E-state index is 0.0695. The lowest BCUT2D eigenvalue weighted by Crippen LogP contribution is -2.48. The Morgan fingerprint density at radius 2 is 2.00 bits per heavy atom. The fraction of sp³-hybridized carbons (Fsp3) is 0.846. The number of carbonyl (C=O) groups is 2. The van der Waals surface area contributed by atoms with Gasteiger partial charge in [0.25, 0.3) is 0 Å². The maximum Gasteiger partial charge on any atom is 0.315 e. The van der Waals surface area contributed by atoms with Crippen molar-refractivity contribution in [1.29, 1.82) is 0 Å². The molecule has 0 aliphatic heterocycles. The molecule has 0 aromatic heterocycles. The lowest BCUT2D eigenvalue weighted by Gasteiger charge is -2.22. The van der Waals surface area contributed by atoms with E-state index >= 15 is 0 Å². The Bertz CT molecular complexity index is 327. The summed E-state index contributed by atoms with van der Waals surface area (Å²) >= 11 is 0. The number of carboxylic acids is 1. The molecule has 0 saturated heterocycles. The van der Waals surface area contributed by atoms with E-state index in [2.05, 4.69) is 10.6 Å². The largest absolute Gasteiger partial charge is 0.481 e. The average molecular weight is 272 g/mol. The molecule has 1 rings (SSSR count). The van der Waals surface area contributed by atoms with Crippen molar-refractivity contribution in [1.82, 2.24) is 10.6 Å². The summed E-state index contributed by atoms with van der Waals surface area (Å²) in [4.78, 5) is 22.7. The Kier molecular flexibility index (Phi) is 5.60. The smallest absolute Gasteiger partial charge is 0.315 e. The van der Waals surface area contributed by atoms with Crippen molar-refractivity contribution in [3.63, 3.8) is 0 Å². The van der Waals surface area contributed by atoms with Crippen LogP contribution in [-0.4, -0.2) is 42.9 Å². The van der Waals surface area contributed by atoms with Gasteiger partial charge in [-0.05, 0) is 25.7 Å². The number of aliphatic carboxylic acids is 1. The van der Waals surface area contributed by atoms with Gasteiger partial charge in [0.05, 0.1) is 18.1 Å². The molecule has 6 heteroatoms. The van der Waals surface area contributed by atoms with Crippen LogP contribution in [0, 0.1) is 11.3 Å². The van der Waals surface area contributed by atoms with Crippen molar-refractivity contribution in [3.8, 4) is 0 Å². The molecule has 1 fully saturated rings. The summed E-state index contributed by atoms with van der Waals surface area (Å²) in [5.74, 6) is -0.575. The van der Waals surface area contributed by atoms with Crippen LogP contribution in [0.1, 0.15) is 33.6 Å². The minimum atomic E-state index is -0.831. The summed E-state index contributed by atoms with van der Waals surface area (Å²) in [6.07, 6.45) is 1.27. The van der Waals surface area contributed by atoms with Gasteiger partial charge in [-0.2, -0.15) is 0 Å². The van der Waals surface area contributed by atoms with E-state index in [0.29, 0.717) is 26.1 Å². The zero-order chi connectivity index (χ0) is 14.5. The maximum absolute atomic E-state index is 11.7. The molecule has 1 aliphatic carbocycles. The van der Waals surface area contributed by atoms with Crippen LogP contribution >= 0.6 is 0 Å². The predicted molar refractivity (Wildman–Crippen MR) is 71.0 cm³/mol. The van der Waals surface area contributed by atoms with E-state index in [1.165, 1.54) is 0 Å². The molecular formula is C13H24N2O4. The van der Waals surface area contributed by atoms with Crippen molar-refractivity contribution in [2.24, 2.45) is 11.3 Å². The van der Waals surface area contributed by atoms with Gasteiger partial charge in [0.15, 0.2) is 0 Å². The summed E-state index contributed by atoms with van der Waals surface area (Å²) in [5, 5.41) is 14.5. The molecule has 1 atom stereocenters. The predicted octanol–water partition coefficient (Wildman–Crippen LogP) is 1.21. The number of hydrogen-bond acceptors (Lipinski definition) is 3. The summed E-state index contributed by atoms with van der Waals surface area (Å²) in [7, 11) is 0. The first-order valence-electron chi connectivity index (χ1n) is 6.77. The quantitative estimate of drug-likeness (QED) is 0.620. The van der Waals surface area contributed by atoms with Crippen LogP contribution in [0.3, 0.4) is 0 Å². The second-order valence-electron chi connectivity index (χ2n) is 5.42. The standard InChI is InChI=1S/C13H24N2O4/c1-4-19-7-10(9(2)3)15-12(18)14-8-13(5-6-13)11(16)17/h9-10H,4-8H2,1-3H3,(H,16,17)(H2,14,15,18). The molecule has 1 unspecified atom stereocenters. The van der Waals surface area contributed by atoms with Crippen LogP contribution in [0.5, 0.6) is 0 Å². The molecule has 1 aliphatic rings. The normalized spacial score (nSPS) is 17.9. The van der Waals surface area contributed by atoms with E-state index in [9.17, 15) is 9.59 Å². The molecule has 6 nitrogen and oxygen atoms in total. The number of ether oxygens (including phenoxy) is 1. The number of amides is 2. The molecule has 0 spiro atoms. The van der Waals surface area contributed by atoms with Gasteiger partial charge in [-0.1, -0.05) is 13.8 Å². The Balaban J connectivity index is 2.34. The molecular weight excluding hydrogens is 248 g/mol. The minimum Gasteiger partial charge on any atom is -0.481 e. The number of nitrogens with one attached hydrogen (secondary N) is 2. The Morgan fingerprint density at radius 1 is 1.37 bits per heavy atom. The second kappa shape index (κ2) is 6.75. The average Bonchev–Trinajstić information content (AvgIpc) is 3.12. The third-order valence-corrected chi connectivity index (χ3v) is 3.52. The number of carboxylic acid groups (broad SMARTS) is 1.